The van der Waals surface area contributed by atoms with E-state index in [1.165, 1.54) is 0 Å². The van der Waals surface area contributed by atoms with Gasteiger partial charge in [-0.2, -0.15) is 0 Å². The number of hydrogen-bond acceptors (Lipinski definition) is 4. The number of allylic oxidation sites excluding steroid dienone is 2. The molecule has 0 heterocycles. The topological polar surface area (TPSA) is 71.4 Å². The third kappa shape index (κ3) is 3.16. The molecule has 2 aliphatic carbocycles. The summed E-state index contributed by atoms with van der Waals surface area (Å²) in [6.07, 6.45) is 1.46. The lowest BCUT2D eigenvalue weighted by Gasteiger charge is -2.37. The predicted molar refractivity (Wildman–Crippen MR) is 83.4 cm³/mol. The Morgan fingerprint density at radius 1 is 0.909 bits per heavy atom. The van der Waals surface area contributed by atoms with Crippen molar-refractivity contribution in [2.75, 3.05) is 0 Å². The second kappa shape index (κ2) is 5.32. The summed E-state index contributed by atoms with van der Waals surface area (Å²) in [4.78, 5) is 37.2. The first-order chi connectivity index (χ1) is 9.93. The Morgan fingerprint density at radius 3 is 1.82 bits per heavy atom. The maximum atomic E-state index is 12.4. The predicted octanol–water partition coefficient (Wildman–Crippen LogP) is 3.40. The SMILES string of the molecule is CC(C1=C(O)CC(C)(C)CC1=O)C1C(=O)CC(C)(C)CC1=O. The number of carbonyl (C=O) groups excluding carboxylic acids is 3. The average molecular weight is 306 g/mol. The van der Waals surface area contributed by atoms with Crippen LogP contribution in [0.1, 0.15) is 60.3 Å². The van der Waals surface area contributed by atoms with Crippen molar-refractivity contribution in [1.29, 1.82) is 0 Å². The molecule has 0 aromatic rings. The number of ketones is 3. The molecule has 4 nitrogen and oxygen atoms in total. The van der Waals surface area contributed by atoms with Crippen LogP contribution in [0.5, 0.6) is 0 Å². The van der Waals surface area contributed by atoms with Gasteiger partial charge in [0, 0.05) is 37.2 Å². The first kappa shape index (κ1) is 16.9. The maximum Gasteiger partial charge on any atom is 0.163 e. The molecule has 22 heavy (non-hydrogen) atoms. The molecule has 0 amide bonds. The summed E-state index contributed by atoms with van der Waals surface area (Å²) >= 11 is 0. The fraction of sp³-hybridized carbons (Fsp3) is 0.722. The quantitative estimate of drug-likeness (QED) is 0.794. The molecule has 1 fully saturated rings. The Bertz CT molecular complexity index is 546. The minimum atomic E-state index is -0.782. The first-order valence-electron chi connectivity index (χ1n) is 7.94. The van der Waals surface area contributed by atoms with Gasteiger partial charge < -0.3 is 5.11 Å². The molecule has 0 saturated heterocycles. The molecule has 1 unspecified atom stereocenters. The van der Waals surface area contributed by atoms with Crippen molar-refractivity contribution < 1.29 is 19.5 Å². The minimum absolute atomic E-state index is 0.0548. The van der Waals surface area contributed by atoms with E-state index in [1.54, 1.807) is 6.92 Å². The molecule has 1 N–H and O–H groups in total. The second-order valence-electron chi connectivity index (χ2n) is 8.52. The van der Waals surface area contributed by atoms with E-state index in [9.17, 15) is 19.5 Å². The van der Waals surface area contributed by atoms with Crippen LogP contribution in [-0.4, -0.2) is 22.5 Å². The van der Waals surface area contributed by atoms with Gasteiger partial charge in [0.1, 0.15) is 11.6 Å². The van der Waals surface area contributed by atoms with Crippen LogP contribution in [0.2, 0.25) is 0 Å². The maximum absolute atomic E-state index is 12.4. The van der Waals surface area contributed by atoms with Gasteiger partial charge in [0.15, 0.2) is 5.78 Å². The van der Waals surface area contributed by atoms with Crippen molar-refractivity contribution >= 4 is 17.3 Å². The van der Waals surface area contributed by atoms with Gasteiger partial charge in [-0.25, -0.2) is 0 Å². The number of hydrogen-bond donors (Lipinski definition) is 1. The molecule has 4 heteroatoms. The number of carbonyl (C=O) groups is 3. The highest BCUT2D eigenvalue weighted by Crippen LogP contribution is 2.43. The van der Waals surface area contributed by atoms with Crippen LogP contribution in [0.25, 0.3) is 0 Å². The zero-order chi connectivity index (χ0) is 16.9. The summed E-state index contributed by atoms with van der Waals surface area (Å²) in [5.74, 6) is -1.60. The van der Waals surface area contributed by atoms with Crippen LogP contribution in [0.4, 0.5) is 0 Å². The zero-order valence-electron chi connectivity index (χ0n) is 14.2. The van der Waals surface area contributed by atoms with E-state index in [2.05, 4.69) is 0 Å². The monoisotopic (exact) mass is 306 g/mol. The molecule has 0 radical (unpaired) electrons. The van der Waals surface area contributed by atoms with Crippen LogP contribution in [0.3, 0.4) is 0 Å². The highest BCUT2D eigenvalue weighted by Gasteiger charge is 2.46. The van der Waals surface area contributed by atoms with Gasteiger partial charge in [0.25, 0.3) is 0 Å². The second-order valence-corrected chi connectivity index (χ2v) is 8.52. The highest BCUT2D eigenvalue weighted by atomic mass is 16.3. The van der Waals surface area contributed by atoms with Crippen molar-refractivity contribution in [3.63, 3.8) is 0 Å². The summed E-state index contributed by atoms with van der Waals surface area (Å²) in [6.45, 7) is 9.41. The molecule has 0 aromatic heterocycles. The Morgan fingerprint density at radius 2 is 1.36 bits per heavy atom. The lowest BCUT2D eigenvalue weighted by Crippen LogP contribution is -2.43. The Kier molecular flexibility index (Phi) is 4.09. The summed E-state index contributed by atoms with van der Waals surface area (Å²) in [6, 6.07) is 0. The zero-order valence-corrected chi connectivity index (χ0v) is 14.2. The number of aliphatic hydroxyl groups is 1. The van der Waals surface area contributed by atoms with Gasteiger partial charge in [0.2, 0.25) is 0 Å². The van der Waals surface area contributed by atoms with Gasteiger partial charge in [-0.05, 0) is 10.8 Å². The molecule has 1 saturated carbocycles. The standard InChI is InChI=1S/C18H26O4/c1-10(15-11(19)6-17(2,3)7-12(15)20)16-13(21)8-18(4,5)9-14(16)22/h10,15,21H,6-9H2,1-5H3. The van der Waals surface area contributed by atoms with Gasteiger partial charge >= 0.3 is 0 Å². The van der Waals surface area contributed by atoms with E-state index in [-0.39, 0.29) is 33.9 Å². The average Bonchev–Trinajstić information content (AvgIpc) is 2.21. The van der Waals surface area contributed by atoms with Gasteiger partial charge in [-0.3, -0.25) is 14.4 Å². The molecule has 1 atom stereocenters. The summed E-state index contributed by atoms with van der Waals surface area (Å²) in [5, 5.41) is 10.3. The fourth-order valence-corrected chi connectivity index (χ4v) is 3.95. The van der Waals surface area contributed by atoms with Gasteiger partial charge in [-0.15, -0.1) is 0 Å². The number of Topliss-reactive ketones (excluding diaryl/α,β-unsaturated/α-hetero) is 3. The largest absolute Gasteiger partial charge is 0.512 e. The Labute approximate surface area is 132 Å². The highest BCUT2D eigenvalue weighted by molar-refractivity contribution is 6.07. The van der Waals surface area contributed by atoms with Crippen molar-refractivity contribution in [1.82, 2.24) is 0 Å². The Hall–Kier alpha value is -1.45. The van der Waals surface area contributed by atoms with Crippen molar-refractivity contribution in [2.24, 2.45) is 22.7 Å². The molecule has 2 aliphatic rings. The van der Waals surface area contributed by atoms with E-state index in [0.29, 0.717) is 31.3 Å². The van der Waals surface area contributed by atoms with Crippen LogP contribution < -0.4 is 0 Å². The number of aliphatic hydroxyl groups excluding tert-OH is 1. The summed E-state index contributed by atoms with van der Waals surface area (Å²) in [7, 11) is 0. The van der Waals surface area contributed by atoms with E-state index in [4.69, 9.17) is 0 Å². The third-order valence-electron chi connectivity index (χ3n) is 4.85. The molecule has 122 valence electrons. The van der Waals surface area contributed by atoms with Crippen LogP contribution in [0.15, 0.2) is 11.3 Å². The van der Waals surface area contributed by atoms with E-state index in [1.807, 2.05) is 27.7 Å². The molecular formula is C18H26O4. The Balaban J connectivity index is 2.32. The van der Waals surface area contributed by atoms with Crippen LogP contribution in [-0.2, 0) is 14.4 Å². The molecule has 0 aromatic carbocycles. The lowest BCUT2D eigenvalue weighted by atomic mass is 9.64. The summed E-state index contributed by atoms with van der Waals surface area (Å²) < 4.78 is 0. The van der Waals surface area contributed by atoms with Crippen LogP contribution in [0, 0.1) is 22.7 Å². The van der Waals surface area contributed by atoms with Gasteiger partial charge in [0.05, 0.1) is 11.7 Å². The minimum Gasteiger partial charge on any atom is -0.512 e. The van der Waals surface area contributed by atoms with Crippen molar-refractivity contribution in [3.05, 3.63) is 11.3 Å². The fourth-order valence-electron chi connectivity index (χ4n) is 3.95. The van der Waals surface area contributed by atoms with Gasteiger partial charge in [-0.1, -0.05) is 34.6 Å². The molecule has 2 rings (SSSR count). The normalized spacial score (nSPS) is 27.2. The molecule has 0 spiro atoms. The van der Waals surface area contributed by atoms with Crippen LogP contribution >= 0.6 is 0 Å². The van der Waals surface area contributed by atoms with Crippen molar-refractivity contribution in [2.45, 2.75) is 60.3 Å². The molecular weight excluding hydrogens is 280 g/mol. The van der Waals surface area contributed by atoms with Crippen molar-refractivity contribution in [3.8, 4) is 0 Å². The third-order valence-corrected chi connectivity index (χ3v) is 4.85. The van der Waals surface area contributed by atoms with E-state index in [0.717, 1.165) is 0 Å². The number of rotatable bonds is 2. The van der Waals surface area contributed by atoms with E-state index >= 15 is 0 Å². The van der Waals surface area contributed by atoms with E-state index < -0.39 is 11.8 Å². The first-order valence-corrected chi connectivity index (χ1v) is 7.94. The lowest BCUT2D eigenvalue weighted by molar-refractivity contribution is -0.141. The summed E-state index contributed by atoms with van der Waals surface area (Å²) in [5.41, 5.74) is -0.280. The molecule has 0 bridgehead atoms. The molecule has 0 aliphatic heterocycles. The smallest absolute Gasteiger partial charge is 0.163 e.